The molecule has 0 aliphatic rings. The average molecular weight is 326 g/mol. The normalized spacial score (nSPS) is 11.0. The van der Waals surface area contributed by atoms with Crippen LogP contribution in [-0.2, 0) is 0 Å². The first kappa shape index (κ1) is 14.9. The first-order chi connectivity index (χ1) is 11.1. The molecular weight excluding hydrogens is 316 g/mol. The number of hydrogen-bond acceptors (Lipinski definition) is 6. The quantitative estimate of drug-likeness (QED) is 0.303. The highest BCUT2D eigenvalue weighted by atomic mass is 32.1. The largest absolute Gasteiger partial charge is 0.462 e. The van der Waals surface area contributed by atoms with Crippen LogP contribution in [0.4, 0.5) is 5.69 Å². The molecule has 0 aliphatic heterocycles. The van der Waals surface area contributed by atoms with E-state index in [-0.39, 0.29) is 17.0 Å². The first-order valence-electron chi connectivity index (χ1n) is 6.60. The number of nitro benzene ring substituents is 1. The van der Waals surface area contributed by atoms with Crippen LogP contribution < -0.4 is 0 Å². The van der Waals surface area contributed by atoms with Crippen molar-refractivity contribution in [1.29, 1.82) is 0 Å². The summed E-state index contributed by atoms with van der Waals surface area (Å²) in [5.41, 5.74) is 0.773. The molecule has 0 unspecified atom stereocenters. The van der Waals surface area contributed by atoms with E-state index in [1.165, 1.54) is 41.7 Å². The molecule has 23 heavy (non-hydrogen) atoms. The summed E-state index contributed by atoms with van der Waals surface area (Å²) in [4.78, 5) is 26.6. The second kappa shape index (κ2) is 6.37. The number of carbonyl (C=O) groups is 1. The van der Waals surface area contributed by atoms with Gasteiger partial charge in [0.2, 0.25) is 0 Å². The maximum atomic E-state index is 12.1. The van der Waals surface area contributed by atoms with E-state index in [0.29, 0.717) is 11.5 Å². The van der Waals surface area contributed by atoms with Crippen molar-refractivity contribution in [2.45, 2.75) is 0 Å². The summed E-state index contributed by atoms with van der Waals surface area (Å²) < 4.78 is 5.26. The van der Waals surface area contributed by atoms with Crippen molar-refractivity contribution in [3.8, 4) is 10.8 Å². The minimum Gasteiger partial charge on any atom is -0.462 e. The maximum Gasteiger partial charge on any atom is 0.270 e. The van der Waals surface area contributed by atoms with Crippen LogP contribution in [-0.4, -0.2) is 15.7 Å². The van der Waals surface area contributed by atoms with E-state index >= 15 is 0 Å². The van der Waals surface area contributed by atoms with Gasteiger partial charge in [0.15, 0.2) is 16.6 Å². The van der Waals surface area contributed by atoms with Crippen molar-refractivity contribution in [3.63, 3.8) is 0 Å². The van der Waals surface area contributed by atoms with Gasteiger partial charge < -0.3 is 4.42 Å². The van der Waals surface area contributed by atoms with Gasteiger partial charge in [-0.15, -0.1) is 11.3 Å². The van der Waals surface area contributed by atoms with E-state index in [1.54, 1.807) is 29.9 Å². The molecule has 0 bridgehead atoms. The monoisotopic (exact) mass is 326 g/mol. The van der Waals surface area contributed by atoms with E-state index in [2.05, 4.69) is 4.98 Å². The van der Waals surface area contributed by atoms with Crippen molar-refractivity contribution in [2.24, 2.45) is 0 Å². The number of benzene rings is 1. The molecule has 0 aliphatic carbocycles. The Morgan fingerprint density at radius 1 is 1.30 bits per heavy atom. The van der Waals surface area contributed by atoms with Crippen molar-refractivity contribution in [2.75, 3.05) is 0 Å². The molecule has 0 N–H and O–H groups in total. The van der Waals surface area contributed by atoms with E-state index in [9.17, 15) is 14.9 Å². The van der Waals surface area contributed by atoms with Crippen LogP contribution in [0.3, 0.4) is 0 Å². The SMILES string of the molecule is O=C(/C=C/c1csc(-c2ccco2)n1)c1cccc([N+](=O)[O-])c1. The number of hydrogen-bond donors (Lipinski definition) is 0. The highest BCUT2D eigenvalue weighted by molar-refractivity contribution is 7.13. The third-order valence-corrected chi connectivity index (χ3v) is 3.88. The van der Waals surface area contributed by atoms with Gasteiger partial charge in [0, 0.05) is 23.1 Å². The van der Waals surface area contributed by atoms with Crippen LogP contribution in [0.2, 0.25) is 0 Å². The molecular formula is C16H10N2O4S. The fourth-order valence-corrected chi connectivity index (χ4v) is 2.66. The predicted molar refractivity (Wildman–Crippen MR) is 86.3 cm³/mol. The molecule has 0 amide bonds. The van der Waals surface area contributed by atoms with E-state index in [4.69, 9.17) is 4.42 Å². The van der Waals surface area contributed by atoms with Gasteiger partial charge in [-0.05, 0) is 24.3 Å². The van der Waals surface area contributed by atoms with Gasteiger partial charge >= 0.3 is 0 Å². The number of aromatic nitrogens is 1. The molecule has 3 aromatic rings. The van der Waals surface area contributed by atoms with Gasteiger partial charge in [0.25, 0.3) is 5.69 Å². The molecule has 2 heterocycles. The smallest absolute Gasteiger partial charge is 0.270 e. The summed E-state index contributed by atoms with van der Waals surface area (Å²) >= 11 is 1.40. The van der Waals surface area contributed by atoms with Gasteiger partial charge in [-0.2, -0.15) is 0 Å². The topological polar surface area (TPSA) is 86.2 Å². The molecule has 0 atom stereocenters. The van der Waals surface area contributed by atoms with Gasteiger partial charge in [0.1, 0.15) is 0 Å². The Hall–Kier alpha value is -3.06. The van der Waals surface area contributed by atoms with Gasteiger partial charge in [-0.3, -0.25) is 14.9 Å². The summed E-state index contributed by atoms with van der Waals surface area (Å²) in [7, 11) is 0. The predicted octanol–water partition coefficient (Wildman–Crippen LogP) is 4.21. The number of nitrogens with zero attached hydrogens (tertiary/aromatic N) is 2. The number of thiazole rings is 1. The van der Waals surface area contributed by atoms with Crippen molar-refractivity contribution >= 4 is 28.9 Å². The number of carbonyl (C=O) groups excluding carboxylic acids is 1. The molecule has 2 aromatic heterocycles. The van der Waals surface area contributed by atoms with Crippen molar-refractivity contribution in [3.05, 3.63) is 75.5 Å². The van der Waals surface area contributed by atoms with Crippen LogP contribution in [0, 0.1) is 10.1 Å². The maximum absolute atomic E-state index is 12.1. The second-order valence-corrected chi connectivity index (χ2v) is 5.42. The number of furan rings is 1. The zero-order valence-electron chi connectivity index (χ0n) is 11.7. The summed E-state index contributed by atoms with van der Waals surface area (Å²) in [6.45, 7) is 0. The van der Waals surface area contributed by atoms with Gasteiger partial charge in [-0.1, -0.05) is 12.1 Å². The number of ketones is 1. The second-order valence-electron chi connectivity index (χ2n) is 4.56. The van der Waals surface area contributed by atoms with Crippen LogP contribution in [0.25, 0.3) is 16.8 Å². The molecule has 3 rings (SSSR count). The first-order valence-corrected chi connectivity index (χ1v) is 7.48. The Bertz CT molecular complexity index is 881. The molecule has 6 nitrogen and oxygen atoms in total. The van der Waals surface area contributed by atoms with Crippen LogP contribution in [0.5, 0.6) is 0 Å². The lowest BCUT2D eigenvalue weighted by Gasteiger charge is -1.95. The summed E-state index contributed by atoms with van der Waals surface area (Å²) in [6, 6.07) is 9.20. The molecule has 0 fully saturated rings. The standard InChI is InChI=1S/C16H10N2O4S/c19-14(11-3-1-4-13(9-11)18(20)21)7-6-12-10-23-16(17-12)15-5-2-8-22-15/h1-10H/b7-6+. The van der Waals surface area contributed by atoms with E-state index in [0.717, 1.165) is 5.01 Å². The molecule has 0 saturated heterocycles. The molecule has 7 heteroatoms. The average Bonchev–Trinajstić information content (AvgIpc) is 3.23. The number of allylic oxidation sites excluding steroid dienone is 1. The van der Waals surface area contributed by atoms with Crippen LogP contribution in [0.15, 0.2) is 58.5 Å². The Kier molecular flexibility index (Phi) is 4.11. The Labute approximate surface area is 134 Å². The minimum absolute atomic E-state index is 0.113. The Morgan fingerprint density at radius 2 is 2.17 bits per heavy atom. The lowest BCUT2D eigenvalue weighted by Crippen LogP contribution is -1.96. The zero-order chi connectivity index (χ0) is 16.2. The van der Waals surface area contributed by atoms with Crippen molar-refractivity contribution < 1.29 is 14.1 Å². The molecule has 114 valence electrons. The van der Waals surface area contributed by atoms with Crippen LogP contribution in [0.1, 0.15) is 16.1 Å². The Morgan fingerprint density at radius 3 is 2.91 bits per heavy atom. The third-order valence-electron chi connectivity index (χ3n) is 3.00. The highest BCUT2D eigenvalue weighted by Gasteiger charge is 2.10. The highest BCUT2D eigenvalue weighted by Crippen LogP contribution is 2.24. The zero-order valence-corrected chi connectivity index (χ0v) is 12.5. The van der Waals surface area contributed by atoms with E-state index < -0.39 is 4.92 Å². The number of nitro groups is 1. The van der Waals surface area contributed by atoms with Gasteiger partial charge in [0.05, 0.1) is 16.9 Å². The number of rotatable bonds is 5. The third kappa shape index (κ3) is 3.41. The van der Waals surface area contributed by atoms with Gasteiger partial charge in [-0.25, -0.2) is 4.98 Å². The number of non-ortho nitro benzene ring substituents is 1. The van der Waals surface area contributed by atoms with E-state index in [1.807, 2.05) is 0 Å². The summed E-state index contributed by atoms with van der Waals surface area (Å²) in [6.07, 6.45) is 4.49. The molecule has 1 aromatic carbocycles. The summed E-state index contributed by atoms with van der Waals surface area (Å²) in [5.74, 6) is 0.348. The fraction of sp³-hybridized carbons (Fsp3) is 0. The lowest BCUT2D eigenvalue weighted by atomic mass is 10.1. The molecule has 0 radical (unpaired) electrons. The lowest BCUT2D eigenvalue weighted by molar-refractivity contribution is -0.384. The Balaban J connectivity index is 1.76. The fourth-order valence-electron chi connectivity index (χ4n) is 1.91. The molecule has 0 saturated carbocycles. The van der Waals surface area contributed by atoms with Crippen molar-refractivity contribution in [1.82, 2.24) is 4.98 Å². The minimum atomic E-state index is -0.531. The van der Waals surface area contributed by atoms with Crippen LogP contribution >= 0.6 is 11.3 Å². The molecule has 0 spiro atoms. The summed E-state index contributed by atoms with van der Waals surface area (Å²) in [5, 5.41) is 13.2.